The highest BCUT2D eigenvalue weighted by Crippen LogP contribution is 2.38. The summed E-state index contributed by atoms with van der Waals surface area (Å²) < 4.78 is 7.66. The predicted molar refractivity (Wildman–Crippen MR) is 79.3 cm³/mol. The van der Waals surface area contributed by atoms with Crippen LogP contribution in [0.4, 0.5) is 0 Å². The maximum atomic E-state index is 5.41. The van der Waals surface area contributed by atoms with Gasteiger partial charge in [0.2, 0.25) is 5.89 Å². The van der Waals surface area contributed by atoms with Gasteiger partial charge in [-0.25, -0.2) is 0 Å². The number of aryl methyl sites for hydroxylation is 2. The average Bonchev–Trinajstić information content (AvgIpc) is 3.12. The SMILES string of the molecule is CCc1nnc2n1C[C@H](N[C@@H](C)c1nc(C3CC3)no1)CC2. The molecule has 2 aromatic rings. The smallest absolute Gasteiger partial charge is 0.243 e. The zero-order valence-electron chi connectivity index (χ0n) is 13.1. The van der Waals surface area contributed by atoms with Gasteiger partial charge in [0, 0.05) is 31.3 Å². The molecule has 118 valence electrons. The maximum absolute atomic E-state index is 5.41. The van der Waals surface area contributed by atoms with Crippen molar-refractivity contribution < 1.29 is 4.52 Å². The molecule has 7 nitrogen and oxygen atoms in total. The van der Waals surface area contributed by atoms with Crippen molar-refractivity contribution in [1.29, 1.82) is 0 Å². The Morgan fingerprint density at radius 1 is 1.32 bits per heavy atom. The Balaban J connectivity index is 1.42. The van der Waals surface area contributed by atoms with Gasteiger partial charge >= 0.3 is 0 Å². The van der Waals surface area contributed by atoms with Crippen LogP contribution < -0.4 is 5.32 Å². The molecule has 0 radical (unpaired) electrons. The van der Waals surface area contributed by atoms with Crippen LogP contribution in [-0.2, 0) is 19.4 Å². The van der Waals surface area contributed by atoms with Gasteiger partial charge in [0.25, 0.3) is 0 Å². The van der Waals surface area contributed by atoms with Crippen molar-refractivity contribution in [2.24, 2.45) is 0 Å². The molecule has 0 spiro atoms. The van der Waals surface area contributed by atoms with Crippen LogP contribution in [0.2, 0.25) is 0 Å². The van der Waals surface area contributed by atoms with Crippen molar-refractivity contribution in [2.75, 3.05) is 0 Å². The van der Waals surface area contributed by atoms with Crippen LogP contribution >= 0.6 is 0 Å². The van der Waals surface area contributed by atoms with E-state index >= 15 is 0 Å². The van der Waals surface area contributed by atoms with E-state index < -0.39 is 0 Å². The van der Waals surface area contributed by atoms with Gasteiger partial charge in [-0.2, -0.15) is 4.98 Å². The molecular formula is C15H22N6O. The quantitative estimate of drug-likeness (QED) is 0.906. The van der Waals surface area contributed by atoms with Gasteiger partial charge < -0.3 is 14.4 Å². The van der Waals surface area contributed by atoms with E-state index in [0.717, 1.165) is 43.3 Å². The molecule has 2 aliphatic rings. The third-order valence-electron chi connectivity index (χ3n) is 4.60. The summed E-state index contributed by atoms with van der Waals surface area (Å²) in [6, 6.07) is 0.466. The first kappa shape index (κ1) is 13.9. The number of nitrogens with zero attached hydrogens (tertiary/aromatic N) is 5. The van der Waals surface area contributed by atoms with Crippen molar-refractivity contribution in [3.63, 3.8) is 0 Å². The highest BCUT2D eigenvalue weighted by molar-refractivity contribution is 5.05. The molecule has 1 saturated carbocycles. The van der Waals surface area contributed by atoms with Gasteiger partial charge in [0.15, 0.2) is 5.82 Å². The second-order valence-corrected chi connectivity index (χ2v) is 6.39. The Morgan fingerprint density at radius 2 is 2.18 bits per heavy atom. The first-order valence-corrected chi connectivity index (χ1v) is 8.25. The molecule has 4 rings (SSSR count). The topological polar surface area (TPSA) is 81.7 Å². The van der Waals surface area contributed by atoms with Crippen molar-refractivity contribution in [3.8, 4) is 0 Å². The van der Waals surface area contributed by atoms with Crippen LogP contribution in [0, 0.1) is 0 Å². The largest absolute Gasteiger partial charge is 0.338 e. The molecule has 1 fully saturated rings. The van der Waals surface area contributed by atoms with E-state index in [2.05, 4.69) is 44.1 Å². The molecule has 1 aliphatic heterocycles. The Morgan fingerprint density at radius 3 is 2.95 bits per heavy atom. The predicted octanol–water partition coefficient (Wildman–Crippen LogP) is 1.77. The molecule has 2 atom stereocenters. The van der Waals surface area contributed by atoms with Gasteiger partial charge in [-0.3, -0.25) is 0 Å². The lowest BCUT2D eigenvalue weighted by Gasteiger charge is -2.27. The number of fused-ring (bicyclic) bond motifs is 1. The summed E-state index contributed by atoms with van der Waals surface area (Å²) in [5, 5.41) is 16.2. The summed E-state index contributed by atoms with van der Waals surface area (Å²) in [6.45, 7) is 5.13. The third-order valence-corrected chi connectivity index (χ3v) is 4.60. The van der Waals surface area contributed by atoms with E-state index in [1.54, 1.807) is 0 Å². The lowest BCUT2D eigenvalue weighted by molar-refractivity contribution is 0.292. The van der Waals surface area contributed by atoms with Crippen LogP contribution in [-0.4, -0.2) is 30.9 Å². The van der Waals surface area contributed by atoms with E-state index in [4.69, 9.17) is 4.52 Å². The van der Waals surface area contributed by atoms with Crippen molar-refractivity contribution in [2.45, 2.75) is 70.5 Å². The minimum absolute atomic E-state index is 0.0770. The summed E-state index contributed by atoms with van der Waals surface area (Å²) in [4.78, 5) is 4.53. The standard InChI is InChI=1S/C15H22N6O/c1-3-12-18-19-13-7-6-11(8-21(12)13)16-9(2)15-17-14(20-22-15)10-4-5-10/h9-11,16H,3-8H2,1-2H3/t9-,11+/m0/s1. The fraction of sp³-hybridized carbons (Fsp3) is 0.733. The zero-order chi connectivity index (χ0) is 15.1. The van der Waals surface area contributed by atoms with E-state index in [1.807, 2.05) is 0 Å². The third kappa shape index (κ3) is 2.54. The first-order valence-electron chi connectivity index (χ1n) is 8.25. The molecule has 7 heteroatoms. The second-order valence-electron chi connectivity index (χ2n) is 6.39. The van der Waals surface area contributed by atoms with E-state index in [1.165, 1.54) is 12.8 Å². The van der Waals surface area contributed by atoms with Crippen molar-refractivity contribution >= 4 is 0 Å². The van der Waals surface area contributed by atoms with Crippen LogP contribution in [0.5, 0.6) is 0 Å². The van der Waals surface area contributed by atoms with Crippen molar-refractivity contribution in [1.82, 2.24) is 30.2 Å². The Hall–Kier alpha value is -1.76. The molecule has 0 aromatic carbocycles. The van der Waals surface area contributed by atoms with Gasteiger partial charge in [-0.15, -0.1) is 10.2 Å². The summed E-state index contributed by atoms with van der Waals surface area (Å²) in [5.74, 6) is 4.29. The molecule has 1 aliphatic carbocycles. The first-order chi connectivity index (χ1) is 10.7. The number of hydrogen-bond acceptors (Lipinski definition) is 6. The summed E-state index contributed by atoms with van der Waals surface area (Å²) in [7, 11) is 0. The zero-order valence-corrected chi connectivity index (χ0v) is 13.1. The molecule has 0 saturated heterocycles. The average molecular weight is 302 g/mol. The summed E-state index contributed by atoms with van der Waals surface area (Å²) in [6.07, 6.45) is 5.34. The summed E-state index contributed by atoms with van der Waals surface area (Å²) in [5.41, 5.74) is 0. The van der Waals surface area contributed by atoms with E-state index in [0.29, 0.717) is 17.9 Å². The normalized spacial score (nSPS) is 22.5. The lowest BCUT2D eigenvalue weighted by Crippen LogP contribution is -2.39. The Labute approximate surface area is 129 Å². The van der Waals surface area contributed by atoms with Gasteiger partial charge in [0.05, 0.1) is 6.04 Å². The molecule has 0 amide bonds. The molecule has 3 heterocycles. The number of hydrogen-bond donors (Lipinski definition) is 1. The fourth-order valence-electron chi connectivity index (χ4n) is 3.14. The second kappa shape index (κ2) is 5.46. The van der Waals surface area contributed by atoms with Gasteiger partial charge in [0.1, 0.15) is 11.6 Å². The van der Waals surface area contributed by atoms with Crippen molar-refractivity contribution in [3.05, 3.63) is 23.4 Å². The minimum atomic E-state index is 0.0770. The van der Waals surface area contributed by atoms with Crippen LogP contribution in [0.3, 0.4) is 0 Å². The number of nitrogens with one attached hydrogen (secondary N) is 1. The number of rotatable bonds is 5. The molecule has 0 unspecified atom stereocenters. The fourth-order valence-corrected chi connectivity index (χ4v) is 3.14. The van der Waals surface area contributed by atoms with Crippen LogP contribution in [0.25, 0.3) is 0 Å². The summed E-state index contributed by atoms with van der Waals surface area (Å²) >= 11 is 0. The highest BCUT2D eigenvalue weighted by atomic mass is 16.5. The highest BCUT2D eigenvalue weighted by Gasteiger charge is 2.30. The maximum Gasteiger partial charge on any atom is 0.243 e. The minimum Gasteiger partial charge on any atom is -0.338 e. The van der Waals surface area contributed by atoms with E-state index in [-0.39, 0.29) is 6.04 Å². The Bertz CT molecular complexity index is 645. The molecule has 1 N–H and O–H groups in total. The van der Waals surface area contributed by atoms with Crippen LogP contribution in [0.15, 0.2) is 4.52 Å². The van der Waals surface area contributed by atoms with Gasteiger partial charge in [-0.1, -0.05) is 12.1 Å². The molecule has 2 aromatic heterocycles. The van der Waals surface area contributed by atoms with E-state index in [9.17, 15) is 0 Å². The van der Waals surface area contributed by atoms with Gasteiger partial charge in [-0.05, 0) is 26.2 Å². The molecular weight excluding hydrogens is 280 g/mol. The number of aromatic nitrogens is 5. The molecule has 0 bridgehead atoms. The van der Waals surface area contributed by atoms with Crippen LogP contribution in [0.1, 0.15) is 68.4 Å². The monoisotopic (exact) mass is 302 g/mol. The molecule has 22 heavy (non-hydrogen) atoms. The lowest BCUT2D eigenvalue weighted by atomic mass is 10.1. The Kier molecular flexibility index (Phi) is 3.44.